The summed E-state index contributed by atoms with van der Waals surface area (Å²) in [6.07, 6.45) is 7.07. The van der Waals surface area contributed by atoms with Crippen molar-refractivity contribution in [3.63, 3.8) is 0 Å². The maximum absolute atomic E-state index is 11.0. The lowest BCUT2D eigenvalue weighted by molar-refractivity contribution is -0.384. The molecule has 0 N–H and O–H groups in total. The molecule has 0 spiro atoms. The van der Waals surface area contributed by atoms with E-state index < -0.39 is 4.92 Å². The fourth-order valence-corrected chi connectivity index (χ4v) is 2.57. The molecule has 4 aromatic rings. The van der Waals surface area contributed by atoms with E-state index >= 15 is 0 Å². The number of hydrogen-bond donors (Lipinski definition) is 0. The van der Waals surface area contributed by atoms with Gasteiger partial charge in [0.2, 0.25) is 0 Å². The second-order valence-corrected chi connectivity index (χ2v) is 4.99. The van der Waals surface area contributed by atoms with Crippen molar-refractivity contribution in [2.24, 2.45) is 0 Å². The number of benzene rings is 1. The van der Waals surface area contributed by atoms with Gasteiger partial charge in [-0.2, -0.15) is 0 Å². The van der Waals surface area contributed by atoms with Crippen LogP contribution in [-0.2, 0) is 0 Å². The zero-order chi connectivity index (χ0) is 15.8. The van der Waals surface area contributed by atoms with Gasteiger partial charge < -0.3 is 0 Å². The van der Waals surface area contributed by atoms with Crippen LogP contribution in [0.1, 0.15) is 0 Å². The molecule has 0 aliphatic rings. The zero-order valence-electron chi connectivity index (χ0n) is 11.9. The molecule has 1 aromatic carbocycles. The summed E-state index contributed by atoms with van der Waals surface area (Å²) < 4.78 is 3.73. The first-order chi connectivity index (χ1) is 11.2. The number of imidazole rings is 1. The monoisotopic (exact) mass is 305 g/mol. The fourth-order valence-electron chi connectivity index (χ4n) is 2.57. The van der Waals surface area contributed by atoms with Crippen LogP contribution in [0.15, 0.2) is 67.3 Å². The number of hydrogen-bond acceptors (Lipinski definition) is 4. The number of nitrogens with zero attached hydrogens (tertiary/aromatic N) is 5. The predicted octanol–water partition coefficient (Wildman–Crippen LogP) is 3.10. The smallest absolute Gasteiger partial charge is 0.264 e. The summed E-state index contributed by atoms with van der Waals surface area (Å²) in [5, 5.41) is 11.0. The third-order valence-electron chi connectivity index (χ3n) is 3.61. The lowest BCUT2D eigenvalue weighted by atomic mass is 10.2. The molecule has 0 aliphatic heterocycles. The molecule has 0 amide bonds. The van der Waals surface area contributed by atoms with Crippen LogP contribution in [0.2, 0.25) is 0 Å². The molecule has 7 nitrogen and oxygen atoms in total. The molecule has 0 atom stereocenters. The van der Waals surface area contributed by atoms with E-state index in [-0.39, 0.29) is 5.69 Å². The van der Waals surface area contributed by atoms with Gasteiger partial charge in [0, 0.05) is 42.4 Å². The first-order valence-electron chi connectivity index (χ1n) is 6.94. The van der Waals surface area contributed by atoms with E-state index in [0.29, 0.717) is 5.69 Å². The number of non-ortho nitro benzene ring substituents is 1. The molecular weight excluding hydrogens is 294 g/mol. The Morgan fingerprint density at radius 2 is 2.00 bits per heavy atom. The van der Waals surface area contributed by atoms with Gasteiger partial charge in [0.15, 0.2) is 5.65 Å². The van der Waals surface area contributed by atoms with Crippen molar-refractivity contribution in [3.8, 4) is 16.9 Å². The van der Waals surface area contributed by atoms with E-state index in [1.54, 1.807) is 24.7 Å². The Hall–Kier alpha value is -3.48. The van der Waals surface area contributed by atoms with E-state index in [1.807, 2.05) is 39.7 Å². The molecule has 112 valence electrons. The highest BCUT2D eigenvalue weighted by Gasteiger charge is 2.13. The van der Waals surface area contributed by atoms with Crippen molar-refractivity contribution in [3.05, 3.63) is 77.4 Å². The third kappa shape index (κ3) is 2.15. The van der Waals surface area contributed by atoms with E-state index in [9.17, 15) is 10.1 Å². The molecule has 0 radical (unpaired) electrons. The van der Waals surface area contributed by atoms with Gasteiger partial charge in [-0.05, 0) is 18.2 Å². The minimum absolute atomic E-state index is 0.0485. The van der Waals surface area contributed by atoms with Crippen molar-refractivity contribution >= 4 is 11.3 Å². The lowest BCUT2D eigenvalue weighted by Crippen LogP contribution is -2.03. The van der Waals surface area contributed by atoms with Gasteiger partial charge >= 0.3 is 0 Å². The van der Waals surface area contributed by atoms with E-state index in [1.165, 1.54) is 12.1 Å². The largest absolute Gasteiger partial charge is 0.271 e. The summed E-state index contributed by atoms with van der Waals surface area (Å²) in [6.45, 7) is 0. The summed E-state index contributed by atoms with van der Waals surface area (Å²) >= 11 is 0. The Balaban J connectivity index is 1.93. The Morgan fingerprint density at radius 3 is 2.78 bits per heavy atom. The summed E-state index contributed by atoms with van der Waals surface area (Å²) in [7, 11) is 0. The SMILES string of the molecule is O=[N+]([O-])c1cccc(-n2ccc3ncc(-c4cccnc4)n32)c1. The van der Waals surface area contributed by atoms with Gasteiger partial charge in [-0.15, -0.1) is 0 Å². The van der Waals surface area contributed by atoms with E-state index in [2.05, 4.69) is 9.97 Å². The number of nitro benzene ring substituents is 1. The summed E-state index contributed by atoms with van der Waals surface area (Å²) in [5.41, 5.74) is 3.29. The molecule has 0 bridgehead atoms. The molecule has 0 saturated carbocycles. The predicted molar refractivity (Wildman–Crippen MR) is 84.4 cm³/mol. The number of rotatable bonds is 3. The molecule has 7 heteroatoms. The summed E-state index contributed by atoms with van der Waals surface area (Å²) in [5.74, 6) is 0. The second kappa shape index (κ2) is 5.06. The molecule has 3 aromatic heterocycles. The van der Waals surface area contributed by atoms with Gasteiger partial charge in [-0.25, -0.2) is 9.50 Å². The standard InChI is InChI=1S/C16H11N5O2/c22-21(23)14-5-1-4-13(9-14)19-8-6-16-18-11-15(20(16)19)12-3-2-7-17-10-12/h1-11H. The fraction of sp³-hybridized carbons (Fsp3) is 0. The Bertz CT molecular complexity index is 1000. The van der Waals surface area contributed by atoms with Crippen LogP contribution in [0, 0.1) is 10.1 Å². The molecular formula is C16H11N5O2. The van der Waals surface area contributed by atoms with Crippen molar-refractivity contribution in [1.82, 2.24) is 19.2 Å². The number of nitro groups is 1. The highest BCUT2D eigenvalue weighted by Crippen LogP contribution is 2.23. The Morgan fingerprint density at radius 1 is 1.09 bits per heavy atom. The minimum Gasteiger partial charge on any atom is -0.264 e. The zero-order valence-corrected chi connectivity index (χ0v) is 11.9. The molecule has 0 fully saturated rings. The minimum atomic E-state index is -0.403. The van der Waals surface area contributed by atoms with Crippen LogP contribution >= 0.6 is 0 Å². The van der Waals surface area contributed by atoms with E-state index in [4.69, 9.17) is 0 Å². The Labute approximate surface area is 130 Å². The summed E-state index contributed by atoms with van der Waals surface area (Å²) in [6, 6.07) is 12.2. The van der Waals surface area contributed by atoms with Crippen LogP contribution in [0.25, 0.3) is 22.6 Å². The Kier molecular flexibility index (Phi) is 2.90. The highest BCUT2D eigenvalue weighted by molar-refractivity contribution is 5.63. The van der Waals surface area contributed by atoms with Gasteiger partial charge in [-0.3, -0.25) is 19.8 Å². The molecule has 3 heterocycles. The average molecular weight is 305 g/mol. The van der Waals surface area contributed by atoms with Crippen molar-refractivity contribution < 1.29 is 4.92 Å². The van der Waals surface area contributed by atoms with Crippen LogP contribution in [0.4, 0.5) is 5.69 Å². The maximum atomic E-state index is 11.0. The van der Waals surface area contributed by atoms with Gasteiger partial charge in [0.1, 0.15) is 0 Å². The first-order valence-corrected chi connectivity index (χ1v) is 6.94. The van der Waals surface area contributed by atoms with Crippen LogP contribution in [0.3, 0.4) is 0 Å². The van der Waals surface area contributed by atoms with Crippen LogP contribution < -0.4 is 0 Å². The third-order valence-corrected chi connectivity index (χ3v) is 3.61. The maximum Gasteiger partial charge on any atom is 0.271 e. The molecule has 4 rings (SSSR count). The van der Waals surface area contributed by atoms with Crippen molar-refractivity contribution in [2.75, 3.05) is 0 Å². The molecule has 0 unspecified atom stereocenters. The lowest BCUT2D eigenvalue weighted by Gasteiger charge is -2.08. The van der Waals surface area contributed by atoms with Gasteiger partial charge in [0.25, 0.3) is 5.69 Å². The number of pyridine rings is 1. The summed E-state index contributed by atoms with van der Waals surface area (Å²) in [4.78, 5) is 19.1. The van der Waals surface area contributed by atoms with Crippen molar-refractivity contribution in [1.29, 1.82) is 0 Å². The first kappa shape index (κ1) is 13.2. The average Bonchev–Trinajstić information content (AvgIpc) is 3.17. The molecule has 0 aliphatic carbocycles. The van der Waals surface area contributed by atoms with Crippen LogP contribution in [0.5, 0.6) is 0 Å². The van der Waals surface area contributed by atoms with Crippen LogP contribution in [-0.4, -0.2) is 24.1 Å². The normalized spacial score (nSPS) is 11.0. The number of aromatic nitrogens is 4. The topological polar surface area (TPSA) is 78.3 Å². The van der Waals surface area contributed by atoms with Crippen molar-refractivity contribution in [2.45, 2.75) is 0 Å². The van der Waals surface area contributed by atoms with Gasteiger partial charge in [-0.1, -0.05) is 6.07 Å². The number of fused-ring (bicyclic) bond motifs is 1. The molecule has 0 saturated heterocycles. The molecule has 23 heavy (non-hydrogen) atoms. The second-order valence-electron chi connectivity index (χ2n) is 4.99. The quantitative estimate of drug-likeness (QED) is 0.430. The highest BCUT2D eigenvalue weighted by atomic mass is 16.6. The van der Waals surface area contributed by atoms with Gasteiger partial charge in [0.05, 0.1) is 22.5 Å². The van der Waals surface area contributed by atoms with E-state index in [0.717, 1.165) is 16.9 Å².